The zero-order valence-corrected chi connectivity index (χ0v) is 37.7. The lowest BCUT2D eigenvalue weighted by Gasteiger charge is -2.40. The van der Waals surface area contributed by atoms with Crippen molar-refractivity contribution in [1.29, 1.82) is 0 Å². The molecule has 0 aromatic carbocycles. The molecule has 59 heavy (non-hydrogen) atoms. The van der Waals surface area contributed by atoms with E-state index in [1.165, 1.54) is 89.9 Å². The molecular weight excluding hydrogens is 777 g/mol. The van der Waals surface area contributed by atoms with E-state index in [-0.39, 0.29) is 19.4 Å². The van der Waals surface area contributed by atoms with Crippen LogP contribution in [-0.4, -0.2) is 96.0 Å². The standard InChI is InChI=1S/C46H84O12S/c1-3-5-7-9-11-13-15-17-18-19-20-21-23-25-27-29-31-33-35-42(48)57-39(37-56-46-45(51)44(50)43(49)40(58-46)38-59(52,53)54)36-55-41(47)34-32-30-28-26-24-22-16-14-12-10-8-6-4-2/h14,16,18-19,39-40,43-46,49-51H,3-13,15,17,20-38H2,1-2H3,(H,52,53,54)/b16-14-,19-18-. The van der Waals surface area contributed by atoms with Crippen LogP contribution in [0, 0.1) is 0 Å². The lowest BCUT2D eigenvalue weighted by atomic mass is 10.00. The zero-order chi connectivity index (χ0) is 43.4. The predicted molar refractivity (Wildman–Crippen MR) is 233 cm³/mol. The Morgan fingerprint density at radius 2 is 0.966 bits per heavy atom. The van der Waals surface area contributed by atoms with Gasteiger partial charge < -0.3 is 34.3 Å². The Kier molecular flexibility index (Phi) is 34.4. The number of allylic oxidation sites excluding steroid dienone is 4. The van der Waals surface area contributed by atoms with Crippen LogP contribution in [0.4, 0.5) is 0 Å². The van der Waals surface area contributed by atoms with Crippen LogP contribution in [-0.2, 0) is 38.7 Å². The Morgan fingerprint density at radius 3 is 1.42 bits per heavy atom. The zero-order valence-electron chi connectivity index (χ0n) is 36.9. The number of hydrogen-bond acceptors (Lipinski definition) is 11. The molecule has 0 aromatic rings. The topological polar surface area (TPSA) is 186 Å². The fourth-order valence-electron chi connectivity index (χ4n) is 7.08. The van der Waals surface area contributed by atoms with Crippen molar-refractivity contribution < 1.29 is 56.8 Å². The molecule has 0 spiro atoms. The van der Waals surface area contributed by atoms with Gasteiger partial charge in [0, 0.05) is 12.8 Å². The minimum atomic E-state index is -4.60. The first-order valence-electron chi connectivity index (χ1n) is 23.4. The number of aliphatic hydroxyl groups is 3. The van der Waals surface area contributed by atoms with E-state index in [0.29, 0.717) is 12.8 Å². The predicted octanol–water partition coefficient (Wildman–Crippen LogP) is 9.62. The fourth-order valence-corrected chi connectivity index (χ4v) is 7.77. The highest BCUT2D eigenvalue weighted by Crippen LogP contribution is 2.24. The van der Waals surface area contributed by atoms with Gasteiger partial charge in [-0.25, -0.2) is 0 Å². The second-order valence-corrected chi connectivity index (χ2v) is 17.9. The van der Waals surface area contributed by atoms with Crippen LogP contribution in [0.1, 0.15) is 200 Å². The number of rotatable bonds is 39. The molecule has 12 nitrogen and oxygen atoms in total. The molecule has 1 aliphatic rings. The summed E-state index contributed by atoms with van der Waals surface area (Å²) in [6, 6.07) is 0. The minimum absolute atomic E-state index is 0.159. The molecule has 0 radical (unpaired) electrons. The summed E-state index contributed by atoms with van der Waals surface area (Å²) in [5, 5.41) is 30.9. The molecule has 0 aromatic heterocycles. The molecule has 0 aliphatic carbocycles. The first kappa shape index (κ1) is 55.1. The van der Waals surface area contributed by atoms with Gasteiger partial charge >= 0.3 is 11.9 Å². The molecule has 1 rings (SSSR count). The first-order valence-corrected chi connectivity index (χ1v) is 25.0. The van der Waals surface area contributed by atoms with Crippen molar-refractivity contribution in [2.45, 2.75) is 237 Å². The minimum Gasteiger partial charge on any atom is -0.462 e. The molecule has 6 atom stereocenters. The smallest absolute Gasteiger partial charge is 0.306 e. The van der Waals surface area contributed by atoms with Crippen molar-refractivity contribution in [2.24, 2.45) is 0 Å². The molecule has 13 heteroatoms. The van der Waals surface area contributed by atoms with Crippen LogP contribution in [0.25, 0.3) is 0 Å². The maximum absolute atomic E-state index is 12.8. The van der Waals surface area contributed by atoms with E-state index in [4.69, 9.17) is 18.9 Å². The van der Waals surface area contributed by atoms with Crippen LogP contribution in [0.15, 0.2) is 24.3 Å². The lowest BCUT2D eigenvalue weighted by molar-refractivity contribution is -0.297. The van der Waals surface area contributed by atoms with E-state index in [2.05, 4.69) is 38.2 Å². The molecule has 346 valence electrons. The van der Waals surface area contributed by atoms with Gasteiger partial charge in [0.2, 0.25) is 0 Å². The number of esters is 2. The normalized spacial score (nSPS) is 20.4. The second-order valence-electron chi connectivity index (χ2n) is 16.4. The number of carbonyl (C=O) groups is 2. The van der Waals surface area contributed by atoms with Crippen molar-refractivity contribution in [3.63, 3.8) is 0 Å². The van der Waals surface area contributed by atoms with Crippen LogP contribution in [0.5, 0.6) is 0 Å². The number of unbranched alkanes of at least 4 members (excludes halogenated alkanes) is 23. The van der Waals surface area contributed by atoms with E-state index in [9.17, 15) is 37.9 Å². The SMILES string of the molecule is CCCCCC/C=C\CCCCCCCC(=O)OCC(COC1OC(CS(=O)(=O)O)C(O)C(O)C1O)OC(=O)CCCCCCCCC/C=C\CCCCCCCCC. The largest absolute Gasteiger partial charge is 0.462 e. The number of aliphatic hydroxyl groups excluding tert-OH is 3. The Hall–Kier alpha value is -1.87. The third-order valence-corrected chi connectivity index (χ3v) is 11.5. The van der Waals surface area contributed by atoms with Gasteiger partial charge in [-0.1, -0.05) is 147 Å². The number of ether oxygens (including phenoxy) is 4. The summed E-state index contributed by atoms with van der Waals surface area (Å²) < 4.78 is 54.1. The molecule has 4 N–H and O–H groups in total. The molecule has 6 unspecified atom stereocenters. The maximum Gasteiger partial charge on any atom is 0.306 e. The Bertz CT molecular complexity index is 1190. The fraction of sp³-hybridized carbons (Fsp3) is 0.870. The van der Waals surface area contributed by atoms with Crippen molar-refractivity contribution in [1.82, 2.24) is 0 Å². The molecule has 1 saturated heterocycles. The maximum atomic E-state index is 12.8. The third kappa shape index (κ3) is 31.6. The van der Waals surface area contributed by atoms with Crippen LogP contribution < -0.4 is 0 Å². The highest BCUT2D eigenvalue weighted by molar-refractivity contribution is 7.85. The molecular formula is C46H84O12S. The highest BCUT2D eigenvalue weighted by Gasteiger charge is 2.46. The van der Waals surface area contributed by atoms with Crippen LogP contribution in [0.3, 0.4) is 0 Å². The summed E-state index contributed by atoms with van der Waals surface area (Å²) in [4.78, 5) is 25.4. The highest BCUT2D eigenvalue weighted by atomic mass is 32.2. The van der Waals surface area contributed by atoms with Gasteiger partial charge in [0.25, 0.3) is 10.1 Å². The van der Waals surface area contributed by atoms with Gasteiger partial charge in [0.15, 0.2) is 12.4 Å². The second kappa shape index (κ2) is 36.8. The summed E-state index contributed by atoms with van der Waals surface area (Å²) in [6.45, 7) is 3.74. The van der Waals surface area contributed by atoms with Gasteiger partial charge in [0.1, 0.15) is 36.8 Å². The van der Waals surface area contributed by atoms with E-state index >= 15 is 0 Å². The van der Waals surface area contributed by atoms with Gasteiger partial charge in [-0.2, -0.15) is 8.42 Å². The summed E-state index contributed by atoms with van der Waals surface area (Å²) in [7, 11) is -4.60. The first-order chi connectivity index (χ1) is 28.5. The molecule has 1 aliphatic heterocycles. The van der Waals surface area contributed by atoms with E-state index in [1.807, 2.05) is 0 Å². The van der Waals surface area contributed by atoms with Gasteiger partial charge in [0.05, 0.1) is 6.61 Å². The molecule has 0 saturated carbocycles. The average Bonchev–Trinajstić information content (AvgIpc) is 3.20. The van der Waals surface area contributed by atoms with Crippen LogP contribution >= 0.6 is 0 Å². The molecule has 1 fully saturated rings. The van der Waals surface area contributed by atoms with Crippen LogP contribution in [0.2, 0.25) is 0 Å². The average molecular weight is 861 g/mol. The van der Waals surface area contributed by atoms with Gasteiger partial charge in [-0.3, -0.25) is 14.1 Å². The number of hydrogen-bond donors (Lipinski definition) is 4. The molecule has 0 bridgehead atoms. The summed E-state index contributed by atoms with van der Waals surface area (Å²) >= 11 is 0. The van der Waals surface area contributed by atoms with Gasteiger partial charge in [-0.15, -0.1) is 0 Å². The Balaban J connectivity index is 2.43. The Morgan fingerprint density at radius 1 is 0.559 bits per heavy atom. The monoisotopic (exact) mass is 861 g/mol. The van der Waals surface area contributed by atoms with E-state index < -0.39 is 71.2 Å². The quantitative estimate of drug-likeness (QED) is 0.0199. The third-order valence-electron chi connectivity index (χ3n) is 10.8. The van der Waals surface area contributed by atoms with E-state index in [0.717, 1.165) is 70.6 Å². The van der Waals surface area contributed by atoms with Crippen molar-refractivity contribution in [3.8, 4) is 0 Å². The number of carbonyl (C=O) groups excluding carboxylic acids is 2. The summed E-state index contributed by atoms with van der Waals surface area (Å²) in [5.74, 6) is -1.99. The molecule has 1 heterocycles. The van der Waals surface area contributed by atoms with Crippen molar-refractivity contribution >= 4 is 22.1 Å². The van der Waals surface area contributed by atoms with E-state index in [1.54, 1.807) is 0 Å². The molecule has 0 amide bonds. The summed E-state index contributed by atoms with van der Waals surface area (Å²) in [5.41, 5.74) is 0. The van der Waals surface area contributed by atoms with Crippen molar-refractivity contribution in [3.05, 3.63) is 24.3 Å². The lowest BCUT2D eigenvalue weighted by Crippen LogP contribution is -2.60. The summed E-state index contributed by atoms with van der Waals surface area (Å²) in [6.07, 6.45) is 30.8. The van der Waals surface area contributed by atoms with Gasteiger partial charge in [-0.05, 0) is 64.2 Å². The van der Waals surface area contributed by atoms with Crippen molar-refractivity contribution in [2.75, 3.05) is 19.0 Å². The Labute approximate surface area is 358 Å².